The van der Waals surface area contributed by atoms with Gasteiger partial charge >= 0.3 is 11.9 Å². The van der Waals surface area contributed by atoms with Crippen molar-refractivity contribution in [1.82, 2.24) is 0 Å². The summed E-state index contributed by atoms with van der Waals surface area (Å²) in [5.74, 6) is -2.01. The summed E-state index contributed by atoms with van der Waals surface area (Å²) in [6.45, 7) is 0. The van der Waals surface area contributed by atoms with Gasteiger partial charge in [-0.25, -0.2) is 9.18 Å². The first-order valence-electron chi connectivity index (χ1n) is 8.39. The summed E-state index contributed by atoms with van der Waals surface area (Å²) < 4.78 is 17.9. The van der Waals surface area contributed by atoms with Crippen LogP contribution in [0.2, 0.25) is 5.02 Å². The lowest BCUT2D eigenvalue weighted by atomic mass is 10.0. The molecule has 1 N–H and O–H groups in total. The van der Waals surface area contributed by atoms with E-state index < -0.39 is 17.5 Å². The van der Waals surface area contributed by atoms with Gasteiger partial charge in [-0.1, -0.05) is 29.8 Å². The molecule has 4 nitrogen and oxygen atoms in total. The number of halogens is 2. The smallest absolute Gasteiger partial charge is 0.345 e. The monoisotopic (exact) mass is 376 g/mol. The van der Waals surface area contributed by atoms with Crippen LogP contribution in [0.3, 0.4) is 0 Å². The molecule has 1 fully saturated rings. The van der Waals surface area contributed by atoms with Crippen molar-refractivity contribution >= 4 is 23.5 Å². The lowest BCUT2D eigenvalue weighted by Crippen LogP contribution is -2.38. The zero-order valence-electron chi connectivity index (χ0n) is 14.0. The van der Waals surface area contributed by atoms with Crippen LogP contribution in [-0.4, -0.2) is 22.6 Å². The van der Waals surface area contributed by atoms with E-state index >= 15 is 0 Å². The zero-order valence-corrected chi connectivity index (χ0v) is 14.8. The summed E-state index contributed by atoms with van der Waals surface area (Å²) in [5, 5.41) is 10.5. The van der Waals surface area contributed by atoms with E-state index in [0.29, 0.717) is 23.4 Å². The fraction of sp³-hybridized carbons (Fsp3) is 0.300. The molecule has 0 heterocycles. The summed E-state index contributed by atoms with van der Waals surface area (Å²) in [4.78, 5) is 24.1. The quantitative estimate of drug-likeness (QED) is 0.645. The van der Waals surface area contributed by atoms with Crippen molar-refractivity contribution in [3.63, 3.8) is 0 Å². The number of benzene rings is 2. The first-order chi connectivity index (χ1) is 12.4. The number of esters is 2. The van der Waals surface area contributed by atoms with Gasteiger partial charge in [-0.2, -0.15) is 0 Å². The normalized spacial score (nSPS) is 15.7. The molecule has 1 aliphatic rings. The molecule has 0 radical (unpaired) electrons. The molecule has 0 unspecified atom stereocenters. The third kappa shape index (κ3) is 4.11. The second-order valence-electron chi connectivity index (χ2n) is 6.49. The molecular weight excluding hydrogens is 359 g/mol. The molecule has 2 aromatic rings. The number of hydrogen-bond acceptors (Lipinski definition) is 4. The molecule has 2 aromatic carbocycles. The van der Waals surface area contributed by atoms with Crippen molar-refractivity contribution in [3.05, 3.63) is 58.9 Å². The van der Waals surface area contributed by atoms with Crippen LogP contribution < -0.4 is 0 Å². The fourth-order valence-electron chi connectivity index (χ4n) is 3.09. The number of carbonyl (C=O) groups excluding carboxylic acids is 2. The molecule has 0 spiro atoms. The van der Waals surface area contributed by atoms with Crippen LogP contribution in [0.25, 0.3) is 11.1 Å². The van der Waals surface area contributed by atoms with E-state index in [-0.39, 0.29) is 12.2 Å². The Hall–Kier alpha value is -2.24. The van der Waals surface area contributed by atoms with E-state index in [1.807, 2.05) is 0 Å². The van der Waals surface area contributed by atoms with Crippen LogP contribution in [0.15, 0.2) is 42.5 Å². The molecule has 26 heavy (non-hydrogen) atoms. The summed E-state index contributed by atoms with van der Waals surface area (Å²) in [7, 11) is 0. The second kappa shape index (κ2) is 7.56. The maximum Gasteiger partial charge on any atom is 0.345 e. The maximum atomic E-state index is 13.1. The average molecular weight is 377 g/mol. The van der Waals surface area contributed by atoms with Gasteiger partial charge in [-0.3, -0.25) is 4.79 Å². The highest BCUT2D eigenvalue weighted by atomic mass is 35.5. The molecule has 0 amide bonds. The fourth-order valence-corrected chi connectivity index (χ4v) is 3.27. The highest BCUT2D eigenvalue weighted by molar-refractivity contribution is 6.31. The van der Waals surface area contributed by atoms with Gasteiger partial charge in [0.25, 0.3) is 0 Å². The van der Waals surface area contributed by atoms with Gasteiger partial charge in [0.05, 0.1) is 6.42 Å². The predicted octanol–water partition coefficient (Wildman–Crippen LogP) is 4.06. The Morgan fingerprint density at radius 2 is 1.69 bits per heavy atom. The Balaban J connectivity index is 1.72. The Labute approximate surface area is 155 Å². The van der Waals surface area contributed by atoms with Crippen LogP contribution in [0.5, 0.6) is 0 Å². The van der Waals surface area contributed by atoms with E-state index in [4.69, 9.17) is 16.3 Å². The zero-order chi connectivity index (χ0) is 18.7. The van der Waals surface area contributed by atoms with Crippen LogP contribution in [0.4, 0.5) is 4.39 Å². The van der Waals surface area contributed by atoms with Crippen LogP contribution >= 0.6 is 11.6 Å². The minimum atomic E-state index is -1.56. The molecular formula is C20H18ClFO4. The molecule has 1 aliphatic carbocycles. The van der Waals surface area contributed by atoms with E-state index in [9.17, 15) is 19.1 Å². The predicted molar refractivity (Wildman–Crippen MR) is 95.1 cm³/mol. The average Bonchev–Trinajstić information content (AvgIpc) is 3.06. The largest absolute Gasteiger partial charge is 0.391 e. The molecule has 0 bridgehead atoms. The molecule has 3 rings (SSSR count). The number of ether oxygens (including phenoxy) is 1. The minimum Gasteiger partial charge on any atom is -0.391 e. The Bertz CT molecular complexity index is 826. The van der Waals surface area contributed by atoms with E-state index in [1.54, 1.807) is 30.3 Å². The van der Waals surface area contributed by atoms with Gasteiger partial charge in [-0.05, 0) is 66.6 Å². The summed E-state index contributed by atoms with van der Waals surface area (Å²) in [6, 6.07) is 11.0. The van der Waals surface area contributed by atoms with Gasteiger partial charge in [0.1, 0.15) is 5.82 Å². The Kier molecular flexibility index (Phi) is 5.39. The summed E-state index contributed by atoms with van der Waals surface area (Å²) in [5.41, 5.74) is 0.465. The topological polar surface area (TPSA) is 63.6 Å². The minimum absolute atomic E-state index is 0.199. The Morgan fingerprint density at radius 3 is 2.35 bits per heavy atom. The van der Waals surface area contributed by atoms with Gasteiger partial charge in [0, 0.05) is 5.02 Å². The number of aliphatic hydroxyl groups is 1. The highest BCUT2D eigenvalue weighted by Gasteiger charge is 2.41. The van der Waals surface area contributed by atoms with Gasteiger partial charge in [0.2, 0.25) is 0 Å². The van der Waals surface area contributed by atoms with Gasteiger partial charge in [0.15, 0.2) is 5.60 Å². The molecule has 0 aliphatic heterocycles. The van der Waals surface area contributed by atoms with Crippen LogP contribution in [0.1, 0.15) is 31.2 Å². The van der Waals surface area contributed by atoms with Crippen molar-refractivity contribution in [1.29, 1.82) is 0 Å². The number of carbonyl (C=O) groups is 2. The van der Waals surface area contributed by atoms with E-state index in [0.717, 1.165) is 24.0 Å². The molecule has 6 heteroatoms. The van der Waals surface area contributed by atoms with Crippen molar-refractivity contribution in [2.45, 2.75) is 37.7 Å². The van der Waals surface area contributed by atoms with Gasteiger partial charge < -0.3 is 9.84 Å². The number of rotatable bonds is 4. The molecule has 136 valence electrons. The first kappa shape index (κ1) is 18.5. The van der Waals surface area contributed by atoms with Crippen LogP contribution in [0, 0.1) is 5.82 Å². The van der Waals surface area contributed by atoms with Crippen molar-refractivity contribution in [2.24, 2.45) is 0 Å². The maximum absolute atomic E-state index is 13.1. The molecule has 0 aromatic heterocycles. The SMILES string of the molecule is O=C(Cc1cc(-c2ccc(F)cc2)ccc1Cl)OC(=O)C1(O)CCCC1. The lowest BCUT2D eigenvalue weighted by molar-refractivity contribution is -0.173. The highest BCUT2D eigenvalue weighted by Crippen LogP contribution is 2.31. The summed E-state index contributed by atoms with van der Waals surface area (Å²) in [6.07, 6.45) is 1.87. The van der Waals surface area contributed by atoms with E-state index in [1.165, 1.54) is 12.1 Å². The third-order valence-electron chi connectivity index (χ3n) is 4.58. The van der Waals surface area contributed by atoms with Crippen molar-refractivity contribution in [2.75, 3.05) is 0 Å². The second-order valence-corrected chi connectivity index (χ2v) is 6.90. The van der Waals surface area contributed by atoms with Crippen LogP contribution in [-0.2, 0) is 20.7 Å². The third-order valence-corrected chi connectivity index (χ3v) is 4.94. The summed E-state index contributed by atoms with van der Waals surface area (Å²) >= 11 is 6.14. The van der Waals surface area contributed by atoms with Crippen molar-refractivity contribution < 1.29 is 23.8 Å². The Morgan fingerprint density at radius 1 is 1.08 bits per heavy atom. The van der Waals surface area contributed by atoms with Gasteiger partial charge in [-0.15, -0.1) is 0 Å². The number of hydrogen-bond donors (Lipinski definition) is 1. The molecule has 1 saturated carbocycles. The molecule has 0 atom stereocenters. The van der Waals surface area contributed by atoms with E-state index in [2.05, 4.69) is 0 Å². The van der Waals surface area contributed by atoms with Crippen molar-refractivity contribution in [3.8, 4) is 11.1 Å². The molecule has 0 saturated heterocycles. The lowest BCUT2D eigenvalue weighted by Gasteiger charge is -2.18. The standard InChI is InChI=1S/C20H18ClFO4/c21-17-8-5-14(13-3-6-16(22)7-4-13)11-15(17)12-18(23)26-19(24)20(25)9-1-2-10-20/h3-8,11,25H,1-2,9-10,12H2. The first-order valence-corrected chi connectivity index (χ1v) is 8.77.